The smallest absolute Gasteiger partial charge is 0.338 e. The fourth-order valence-corrected chi connectivity index (χ4v) is 5.58. The molecule has 0 saturated carbocycles. The first-order chi connectivity index (χ1) is 17.0. The molecule has 1 aliphatic heterocycles. The normalized spacial score (nSPS) is 15.4. The lowest BCUT2D eigenvalue weighted by molar-refractivity contribution is -0.117. The van der Waals surface area contributed by atoms with Gasteiger partial charge in [0.05, 0.1) is 21.2 Å². The zero-order chi connectivity index (χ0) is 26.1. The fraction of sp³-hybridized carbons (Fsp3) is 0.185. The quantitative estimate of drug-likeness (QED) is 0.338. The van der Waals surface area contributed by atoms with Crippen molar-refractivity contribution in [3.8, 4) is 0 Å². The summed E-state index contributed by atoms with van der Waals surface area (Å²) in [6, 6.07) is 19.7. The minimum absolute atomic E-state index is 0.00297. The maximum Gasteiger partial charge on any atom is 0.338 e. The minimum atomic E-state index is -4.01. The highest BCUT2D eigenvalue weighted by Gasteiger charge is 2.38. The third kappa shape index (κ3) is 5.01. The molecule has 3 aromatic rings. The van der Waals surface area contributed by atoms with E-state index in [0.29, 0.717) is 0 Å². The number of allylic oxidation sites excluding steroid dienone is 1. The number of nitrogens with zero attached hydrogens (tertiary/aromatic N) is 1. The van der Waals surface area contributed by atoms with Crippen LogP contribution in [0.25, 0.3) is 0 Å². The van der Waals surface area contributed by atoms with Crippen LogP contribution in [0.15, 0.2) is 89.5 Å². The maximum atomic E-state index is 12.8. The Labute approximate surface area is 215 Å². The number of sulfonamides is 1. The molecule has 0 unspecified atom stereocenters. The number of hydrogen-bond acceptors (Lipinski definition) is 6. The maximum absolute atomic E-state index is 12.8. The molecule has 0 fully saturated rings. The average Bonchev–Trinajstić information content (AvgIpc) is 3.04. The first-order valence-corrected chi connectivity index (χ1v) is 13.0. The van der Waals surface area contributed by atoms with Crippen molar-refractivity contribution in [3.05, 3.63) is 101 Å². The molecule has 0 amide bonds. The number of carbonyl (C=O) groups excluding carboxylic acids is 2. The Morgan fingerprint density at radius 3 is 2.44 bits per heavy atom. The van der Waals surface area contributed by atoms with Crippen LogP contribution in [-0.4, -0.2) is 33.8 Å². The van der Waals surface area contributed by atoms with E-state index in [4.69, 9.17) is 16.3 Å². The number of benzene rings is 3. The third-order valence-electron chi connectivity index (χ3n) is 6.08. The summed E-state index contributed by atoms with van der Waals surface area (Å²) < 4.78 is 33.2. The van der Waals surface area contributed by atoms with Gasteiger partial charge >= 0.3 is 5.97 Å². The van der Waals surface area contributed by atoms with Crippen LogP contribution >= 0.6 is 11.6 Å². The summed E-state index contributed by atoms with van der Waals surface area (Å²) in [6.07, 6.45) is 1.49. The van der Waals surface area contributed by atoms with E-state index in [9.17, 15) is 18.0 Å². The van der Waals surface area contributed by atoms with Gasteiger partial charge in [0.25, 0.3) is 10.0 Å². The number of rotatable bonds is 7. The number of hydrogen-bond donors (Lipinski definition) is 1. The summed E-state index contributed by atoms with van der Waals surface area (Å²) in [6.45, 7) is 3.59. The number of halogens is 1. The van der Waals surface area contributed by atoms with Gasteiger partial charge in [-0.1, -0.05) is 61.8 Å². The fourth-order valence-electron chi connectivity index (χ4n) is 4.21. The monoisotopic (exact) mass is 524 g/mol. The van der Waals surface area contributed by atoms with Gasteiger partial charge in [0.15, 0.2) is 12.4 Å². The highest BCUT2D eigenvalue weighted by atomic mass is 35.5. The summed E-state index contributed by atoms with van der Waals surface area (Å²) in [7, 11) is -2.12. The zero-order valence-electron chi connectivity index (χ0n) is 20.0. The standard InChI is InChI=1S/C27H25ClN2O5S/c1-27(2)21-11-4-7-14-24(21)30(3)25(27)16-19(31)17-35-26(32)18-9-8-10-20(15-18)36(33,34)29-23-13-6-5-12-22(23)28/h4-16,29H,17H2,1-3H3. The molecule has 0 aromatic heterocycles. The van der Waals surface area contributed by atoms with Crippen molar-refractivity contribution >= 4 is 44.8 Å². The van der Waals surface area contributed by atoms with Crippen molar-refractivity contribution in [2.45, 2.75) is 24.2 Å². The molecule has 9 heteroatoms. The number of carbonyl (C=O) groups is 2. The highest BCUT2D eigenvalue weighted by molar-refractivity contribution is 7.92. The predicted octanol–water partition coefficient (Wildman–Crippen LogP) is 5.18. The number of nitrogens with one attached hydrogen (secondary N) is 1. The van der Waals surface area contributed by atoms with Crippen LogP contribution in [-0.2, 0) is 25.0 Å². The summed E-state index contributed by atoms with van der Waals surface area (Å²) in [5.41, 5.74) is 2.75. The van der Waals surface area contributed by atoms with E-state index in [2.05, 4.69) is 4.72 Å². The predicted molar refractivity (Wildman–Crippen MR) is 140 cm³/mol. The molecule has 1 N–H and O–H groups in total. The second-order valence-corrected chi connectivity index (χ2v) is 11.0. The van der Waals surface area contributed by atoms with E-state index in [1.54, 1.807) is 18.2 Å². The SMILES string of the molecule is CN1C(=CC(=O)COC(=O)c2cccc(S(=O)(=O)Nc3ccccc3Cl)c2)C(C)(C)c2ccccc21. The van der Waals surface area contributed by atoms with E-state index < -0.39 is 22.6 Å². The first-order valence-electron chi connectivity index (χ1n) is 11.1. The number of anilines is 2. The summed E-state index contributed by atoms with van der Waals surface area (Å²) >= 11 is 6.04. The van der Waals surface area contributed by atoms with Crippen LogP contribution in [0, 0.1) is 0 Å². The molecule has 1 aliphatic rings. The molecule has 3 aromatic carbocycles. The van der Waals surface area contributed by atoms with Crippen LogP contribution in [0.1, 0.15) is 29.8 Å². The molecule has 7 nitrogen and oxygen atoms in total. The second-order valence-electron chi connectivity index (χ2n) is 8.89. The van der Waals surface area contributed by atoms with Crippen molar-refractivity contribution < 1.29 is 22.7 Å². The Morgan fingerprint density at radius 1 is 1.03 bits per heavy atom. The molecule has 4 rings (SSSR count). The van der Waals surface area contributed by atoms with Crippen LogP contribution in [0.2, 0.25) is 5.02 Å². The van der Waals surface area contributed by atoms with Gasteiger partial charge in [-0.2, -0.15) is 0 Å². The Morgan fingerprint density at radius 2 is 1.72 bits per heavy atom. The molecule has 1 heterocycles. The number of likely N-dealkylation sites (N-methyl/N-ethyl adjacent to an activating group) is 1. The molecule has 0 aliphatic carbocycles. The van der Waals surface area contributed by atoms with Gasteiger partial charge in [-0.15, -0.1) is 0 Å². The third-order valence-corrected chi connectivity index (χ3v) is 7.77. The summed E-state index contributed by atoms with van der Waals surface area (Å²) in [5.74, 6) is -1.19. The minimum Gasteiger partial charge on any atom is -0.454 e. The van der Waals surface area contributed by atoms with E-state index in [1.807, 2.05) is 50.1 Å². The largest absolute Gasteiger partial charge is 0.454 e. The topological polar surface area (TPSA) is 92.8 Å². The Bertz CT molecular complexity index is 1480. The molecule has 0 radical (unpaired) electrons. The molecule has 186 valence electrons. The summed E-state index contributed by atoms with van der Waals surface area (Å²) in [4.78, 5) is 27.1. The van der Waals surface area contributed by atoms with Gasteiger partial charge in [0.1, 0.15) is 0 Å². The van der Waals surface area contributed by atoms with Crippen molar-refractivity contribution in [2.75, 3.05) is 23.3 Å². The highest BCUT2D eigenvalue weighted by Crippen LogP contribution is 2.46. The van der Waals surface area contributed by atoms with E-state index in [1.165, 1.54) is 36.4 Å². The molecule has 0 saturated heterocycles. The molecular formula is C27H25ClN2O5S. The van der Waals surface area contributed by atoms with Crippen molar-refractivity contribution in [1.82, 2.24) is 0 Å². The van der Waals surface area contributed by atoms with Gasteiger partial charge in [-0.05, 0) is 42.0 Å². The lowest BCUT2D eigenvalue weighted by Gasteiger charge is -2.23. The van der Waals surface area contributed by atoms with E-state index >= 15 is 0 Å². The Hall–Kier alpha value is -3.62. The molecular weight excluding hydrogens is 500 g/mol. The van der Waals surface area contributed by atoms with Gasteiger partial charge in [0, 0.05) is 29.9 Å². The number of ether oxygens (including phenoxy) is 1. The van der Waals surface area contributed by atoms with Gasteiger partial charge in [0.2, 0.25) is 0 Å². The summed E-state index contributed by atoms with van der Waals surface area (Å²) in [5, 5.41) is 0.239. The van der Waals surface area contributed by atoms with Crippen LogP contribution < -0.4 is 9.62 Å². The van der Waals surface area contributed by atoms with Crippen molar-refractivity contribution in [3.63, 3.8) is 0 Å². The van der Waals surface area contributed by atoms with Gasteiger partial charge in [-0.3, -0.25) is 9.52 Å². The Kier molecular flexibility index (Phi) is 6.93. The number of esters is 1. The number of ketones is 1. The lowest BCUT2D eigenvalue weighted by Crippen LogP contribution is -2.25. The van der Waals surface area contributed by atoms with Crippen molar-refractivity contribution in [1.29, 1.82) is 0 Å². The van der Waals surface area contributed by atoms with Crippen LogP contribution in [0.5, 0.6) is 0 Å². The first kappa shape index (κ1) is 25.5. The molecule has 0 bridgehead atoms. The zero-order valence-corrected chi connectivity index (χ0v) is 21.6. The van der Waals surface area contributed by atoms with Crippen LogP contribution in [0.3, 0.4) is 0 Å². The molecule has 36 heavy (non-hydrogen) atoms. The van der Waals surface area contributed by atoms with Crippen LogP contribution in [0.4, 0.5) is 11.4 Å². The van der Waals surface area contributed by atoms with Gasteiger partial charge in [-0.25, -0.2) is 13.2 Å². The molecule has 0 atom stereocenters. The molecule has 0 spiro atoms. The lowest BCUT2D eigenvalue weighted by atomic mass is 9.83. The van der Waals surface area contributed by atoms with Crippen molar-refractivity contribution in [2.24, 2.45) is 0 Å². The van der Waals surface area contributed by atoms with E-state index in [-0.39, 0.29) is 32.4 Å². The van der Waals surface area contributed by atoms with E-state index in [0.717, 1.165) is 16.9 Å². The van der Waals surface area contributed by atoms with Gasteiger partial charge < -0.3 is 9.64 Å². The Balaban J connectivity index is 1.45. The second kappa shape index (κ2) is 9.79. The number of fused-ring (bicyclic) bond motifs is 1. The number of para-hydroxylation sites is 2. The average molecular weight is 525 g/mol.